The predicted molar refractivity (Wildman–Crippen MR) is 161 cm³/mol. The Morgan fingerprint density at radius 2 is 1.69 bits per heavy atom. The first-order valence-electron chi connectivity index (χ1n) is 13.7. The van der Waals surface area contributed by atoms with Crippen molar-refractivity contribution in [3.8, 4) is 22.8 Å². The van der Waals surface area contributed by atoms with Gasteiger partial charge in [0, 0.05) is 23.0 Å². The number of anilines is 3. The Kier molecular flexibility index (Phi) is 8.89. The number of ether oxygens (including phenoxy) is 2. The Morgan fingerprint density at radius 3 is 2.40 bits per heavy atom. The van der Waals surface area contributed by atoms with Gasteiger partial charge in [-0.2, -0.15) is 0 Å². The van der Waals surface area contributed by atoms with E-state index in [1.165, 1.54) is 18.5 Å². The van der Waals surface area contributed by atoms with Crippen molar-refractivity contribution in [1.29, 1.82) is 0 Å². The maximum Gasteiger partial charge on any atom is 0.264 e. The number of benzene rings is 3. The van der Waals surface area contributed by atoms with Crippen LogP contribution < -0.4 is 19.5 Å². The Morgan fingerprint density at radius 1 is 0.952 bits per heavy atom. The van der Waals surface area contributed by atoms with Crippen molar-refractivity contribution in [2.45, 2.75) is 24.7 Å². The van der Waals surface area contributed by atoms with E-state index in [1.807, 2.05) is 24.3 Å². The van der Waals surface area contributed by atoms with Crippen LogP contribution in [-0.4, -0.2) is 57.1 Å². The number of aryl methyl sites for hydroxylation is 1. The molecule has 0 amide bonds. The van der Waals surface area contributed by atoms with Gasteiger partial charge in [-0.25, -0.2) is 22.8 Å². The highest BCUT2D eigenvalue weighted by molar-refractivity contribution is 7.92. The van der Waals surface area contributed by atoms with E-state index >= 15 is 0 Å². The summed E-state index contributed by atoms with van der Waals surface area (Å²) < 4.78 is 53.7. The molecule has 2 heterocycles. The molecule has 0 bridgehead atoms. The van der Waals surface area contributed by atoms with Crippen LogP contribution in [0.2, 0.25) is 0 Å². The summed E-state index contributed by atoms with van der Waals surface area (Å²) in [5.74, 6) is 1.63. The third kappa shape index (κ3) is 7.15. The van der Waals surface area contributed by atoms with Crippen molar-refractivity contribution >= 4 is 27.2 Å². The lowest BCUT2D eigenvalue weighted by molar-refractivity contribution is 0.157. The molecule has 1 aliphatic heterocycles. The van der Waals surface area contributed by atoms with Gasteiger partial charge in [0.15, 0.2) is 11.5 Å². The van der Waals surface area contributed by atoms with Crippen molar-refractivity contribution in [3.05, 3.63) is 84.4 Å². The number of nitrogens with one attached hydrogen (secondary N) is 2. The fourth-order valence-electron chi connectivity index (χ4n) is 4.77. The van der Waals surface area contributed by atoms with Crippen LogP contribution in [0.5, 0.6) is 11.5 Å². The van der Waals surface area contributed by atoms with E-state index < -0.39 is 20.7 Å². The molecule has 0 spiro atoms. The van der Waals surface area contributed by atoms with Crippen LogP contribution in [0.25, 0.3) is 11.3 Å². The lowest BCUT2D eigenvalue weighted by Gasteiger charge is -2.28. The van der Waals surface area contributed by atoms with Gasteiger partial charge in [0.2, 0.25) is 0 Å². The standard InChI is InChI=1S/C31H34FN5O4S/c1-21-4-11-30(26(32)16-21)42(38,39)36-25-8-6-24(7-9-25)35-31-18-27(33-20-34-31)23-5-10-28(29(17-23)40-3)41-19-22-12-14-37(2)15-13-22/h4-11,16-18,20,22,36H,12-15,19H2,1-3H3,(H,33,34,35). The lowest BCUT2D eigenvalue weighted by Crippen LogP contribution is -2.32. The lowest BCUT2D eigenvalue weighted by atomic mass is 9.98. The number of nitrogens with zero attached hydrogens (tertiary/aromatic N) is 3. The molecule has 0 atom stereocenters. The number of halogens is 1. The first-order valence-corrected chi connectivity index (χ1v) is 15.2. The second-order valence-electron chi connectivity index (χ2n) is 10.5. The molecule has 1 saturated heterocycles. The Bertz CT molecular complexity index is 1640. The maximum absolute atomic E-state index is 14.2. The normalized spacial score (nSPS) is 14.4. The Balaban J connectivity index is 1.24. The van der Waals surface area contributed by atoms with E-state index in [4.69, 9.17) is 9.47 Å². The van der Waals surface area contributed by atoms with Crippen molar-refractivity contribution in [2.24, 2.45) is 5.92 Å². The molecule has 5 rings (SSSR count). The molecule has 0 aliphatic carbocycles. The van der Waals surface area contributed by atoms with Gasteiger partial charge in [0.05, 0.1) is 19.4 Å². The van der Waals surface area contributed by atoms with Gasteiger partial charge < -0.3 is 19.7 Å². The summed E-state index contributed by atoms with van der Waals surface area (Å²) >= 11 is 0. The summed E-state index contributed by atoms with van der Waals surface area (Å²) in [4.78, 5) is 10.7. The molecule has 220 valence electrons. The second-order valence-corrected chi connectivity index (χ2v) is 12.1. The topological polar surface area (TPSA) is 106 Å². The third-order valence-electron chi connectivity index (χ3n) is 7.23. The fourth-order valence-corrected chi connectivity index (χ4v) is 5.89. The summed E-state index contributed by atoms with van der Waals surface area (Å²) in [6.07, 6.45) is 3.71. The van der Waals surface area contributed by atoms with Gasteiger partial charge in [-0.3, -0.25) is 4.72 Å². The molecular formula is C31H34FN5O4S. The summed E-state index contributed by atoms with van der Waals surface area (Å²) in [6, 6.07) is 18.1. The first-order chi connectivity index (χ1) is 20.2. The molecule has 0 saturated carbocycles. The number of rotatable bonds is 10. The predicted octanol–water partition coefficient (Wildman–Crippen LogP) is 5.86. The molecule has 1 aliphatic rings. The van der Waals surface area contributed by atoms with Gasteiger partial charge in [0.25, 0.3) is 10.0 Å². The summed E-state index contributed by atoms with van der Waals surface area (Å²) in [7, 11) is -0.309. The van der Waals surface area contributed by atoms with Crippen molar-refractivity contribution < 1.29 is 22.3 Å². The van der Waals surface area contributed by atoms with Crippen molar-refractivity contribution in [2.75, 3.05) is 43.9 Å². The van der Waals surface area contributed by atoms with Crippen LogP contribution >= 0.6 is 0 Å². The molecule has 1 aromatic heterocycles. The van der Waals surface area contributed by atoms with Gasteiger partial charge >= 0.3 is 0 Å². The second kappa shape index (κ2) is 12.7. The summed E-state index contributed by atoms with van der Waals surface area (Å²) in [5.41, 5.74) is 3.15. The summed E-state index contributed by atoms with van der Waals surface area (Å²) in [6.45, 7) is 4.53. The number of aromatic nitrogens is 2. The molecule has 9 nitrogen and oxygen atoms in total. The van der Waals surface area contributed by atoms with E-state index in [1.54, 1.807) is 44.4 Å². The Labute approximate surface area is 245 Å². The molecule has 1 fully saturated rings. The summed E-state index contributed by atoms with van der Waals surface area (Å²) in [5, 5.41) is 3.20. The smallest absolute Gasteiger partial charge is 0.264 e. The maximum atomic E-state index is 14.2. The zero-order valence-electron chi connectivity index (χ0n) is 23.8. The molecule has 0 radical (unpaired) electrons. The number of piperidine rings is 1. The van der Waals surface area contributed by atoms with Crippen LogP contribution in [0.4, 0.5) is 21.6 Å². The molecule has 42 heavy (non-hydrogen) atoms. The highest BCUT2D eigenvalue weighted by Gasteiger charge is 2.20. The van der Waals surface area contributed by atoms with Crippen molar-refractivity contribution in [1.82, 2.24) is 14.9 Å². The number of likely N-dealkylation sites (tertiary alicyclic amines) is 1. The zero-order chi connectivity index (χ0) is 29.7. The Hall–Kier alpha value is -4.22. The van der Waals surface area contributed by atoms with E-state index in [2.05, 4.69) is 32.0 Å². The van der Waals surface area contributed by atoms with Crippen LogP contribution in [-0.2, 0) is 10.0 Å². The highest BCUT2D eigenvalue weighted by Crippen LogP contribution is 2.33. The highest BCUT2D eigenvalue weighted by atomic mass is 32.2. The van der Waals surface area contributed by atoms with E-state index in [9.17, 15) is 12.8 Å². The molecule has 2 N–H and O–H groups in total. The van der Waals surface area contributed by atoms with Gasteiger partial charge in [-0.1, -0.05) is 6.07 Å². The fraction of sp³-hybridized carbons (Fsp3) is 0.290. The molecule has 0 unspecified atom stereocenters. The van der Waals surface area contributed by atoms with Crippen LogP contribution in [0.15, 0.2) is 78.0 Å². The minimum absolute atomic E-state index is 0.300. The molecule has 3 aromatic carbocycles. The zero-order valence-corrected chi connectivity index (χ0v) is 24.6. The monoisotopic (exact) mass is 591 g/mol. The SMILES string of the molecule is COc1cc(-c2cc(Nc3ccc(NS(=O)(=O)c4ccc(C)cc4F)cc3)ncn2)ccc1OCC1CCN(C)CC1. The van der Waals surface area contributed by atoms with Gasteiger partial charge in [-0.15, -0.1) is 0 Å². The van der Waals surface area contributed by atoms with Crippen molar-refractivity contribution in [3.63, 3.8) is 0 Å². The minimum atomic E-state index is -4.08. The molecule has 4 aromatic rings. The van der Waals surface area contributed by atoms with E-state index in [0.717, 1.165) is 31.5 Å². The number of methoxy groups -OCH3 is 1. The third-order valence-corrected chi connectivity index (χ3v) is 8.64. The van der Waals surface area contributed by atoms with Crippen LogP contribution in [0.1, 0.15) is 18.4 Å². The van der Waals surface area contributed by atoms with E-state index in [0.29, 0.717) is 52.5 Å². The van der Waals surface area contributed by atoms with Gasteiger partial charge in [-0.05, 0) is 106 Å². The van der Waals surface area contributed by atoms with Crippen LogP contribution in [0.3, 0.4) is 0 Å². The largest absolute Gasteiger partial charge is 0.493 e. The van der Waals surface area contributed by atoms with Gasteiger partial charge in [0.1, 0.15) is 22.9 Å². The molecule has 11 heteroatoms. The van der Waals surface area contributed by atoms with E-state index in [-0.39, 0.29) is 0 Å². The number of hydrogen-bond acceptors (Lipinski definition) is 8. The van der Waals surface area contributed by atoms with Crippen LogP contribution in [0, 0.1) is 18.7 Å². The first kappa shape index (κ1) is 29.3. The average molecular weight is 592 g/mol. The molecular weight excluding hydrogens is 557 g/mol. The number of hydrogen-bond donors (Lipinski definition) is 2. The average Bonchev–Trinajstić information content (AvgIpc) is 2.97. The number of sulfonamides is 1. The minimum Gasteiger partial charge on any atom is -0.493 e. The quantitative estimate of drug-likeness (QED) is 0.236.